The standard InChI is InChI=1S/C11H15N3O3/c1-6-9(5-12-14-6)10(15)13-8-3-2-7(4-8)11(16)17/h5,7-8H,2-4H2,1H3,(H,12,14)(H,13,15)(H,16,17). The second kappa shape index (κ2) is 4.57. The average Bonchev–Trinajstić information content (AvgIpc) is 2.86. The van der Waals surface area contributed by atoms with Crippen LogP contribution in [0.15, 0.2) is 6.20 Å². The minimum Gasteiger partial charge on any atom is -0.481 e. The van der Waals surface area contributed by atoms with E-state index in [9.17, 15) is 9.59 Å². The molecule has 1 aromatic heterocycles. The maximum atomic E-state index is 11.8. The molecule has 1 fully saturated rings. The number of nitrogens with zero attached hydrogens (tertiary/aromatic N) is 1. The van der Waals surface area contributed by atoms with E-state index < -0.39 is 5.97 Å². The Morgan fingerprint density at radius 3 is 2.82 bits per heavy atom. The third-order valence-corrected chi connectivity index (χ3v) is 3.19. The van der Waals surface area contributed by atoms with Crippen molar-refractivity contribution in [1.82, 2.24) is 15.5 Å². The molecule has 6 heteroatoms. The Morgan fingerprint density at radius 1 is 1.53 bits per heavy atom. The fourth-order valence-corrected chi connectivity index (χ4v) is 2.18. The Bertz CT molecular complexity index is 441. The van der Waals surface area contributed by atoms with Gasteiger partial charge >= 0.3 is 5.97 Å². The molecule has 0 saturated heterocycles. The number of hydrogen-bond acceptors (Lipinski definition) is 3. The number of hydrogen-bond donors (Lipinski definition) is 3. The molecule has 2 atom stereocenters. The zero-order valence-electron chi connectivity index (χ0n) is 9.56. The monoisotopic (exact) mass is 237 g/mol. The molecule has 0 bridgehead atoms. The van der Waals surface area contributed by atoms with Crippen molar-refractivity contribution in [2.24, 2.45) is 5.92 Å². The summed E-state index contributed by atoms with van der Waals surface area (Å²) in [6, 6.07) is -0.0436. The van der Waals surface area contributed by atoms with Gasteiger partial charge in [0.25, 0.3) is 5.91 Å². The van der Waals surface area contributed by atoms with Crippen LogP contribution in [-0.4, -0.2) is 33.2 Å². The Hall–Kier alpha value is -1.85. The fraction of sp³-hybridized carbons (Fsp3) is 0.545. The van der Waals surface area contributed by atoms with Gasteiger partial charge in [-0.1, -0.05) is 0 Å². The van der Waals surface area contributed by atoms with Gasteiger partial charge in [0.05, 0.1) is 17.7 Å². The van der Waals surface area contributed by atoms with Crippen molar-refractivity contribution >= 4 is 11.9 Å². The number of aromatic nitrogens is 2. The molecule has 0 aromatic carbocycles. The summed E-state index contributed by atoms with van der Waals surface area (Å²) >= 11 is 0. The highest BCUT2D eigenvalue weighted by atomic mass is 16.4. The summed E-state index contributed by atoms with van der Waals surface area (Å²) in [5, 5.41) is 18.2. The summed E-state index contributed by atoms with van der Waals surface area (Å²) in [5.74, 6) is -1.29. The van der Waals surface area contributed by atoms with Gasteiger partial charge < -0.3 is 10.4 Å². The highest BCUT2D eigenvalue weighted by Gasteiger charge is 2.30. The van der Waals surface area contributed by atoms with Crippen LogP contribution in [0.1, 0.15) is 35.3 Å². The number of aliphatic carboxylic acids is 1. The smallest absolute Gasteiger partial charge is 0.306 e. The molecule has 17 heavy (non-hydrogen) atoms. The average molecular weight is 237 g/mol. The molecular weight excluding hydrogens is 222 g/mol. The van der Waals surface area contributed by atoms with Crippen LogP contribution in [0.2, 0.25) is 0 Å². The van der Waals surface area contributed by atoms with E-state index in [1.807, 2.05) is 0 Å². The summed E-state index contributed by atoms with van der Waals surface area (Å²) in [7, 11) is 0. The molecule has 1 heterocycles. The Kier molecular flexibility index (Phi) is 3.12. The molecule has 92 valence electrons. The van der Waals surface area contributed by atoms with E-state index in [4.69, 9.17) is 5.11 Å². The van der Waals surface area contributed by atoms with Gasteiger partial charge in [-0.15, -0.1) is 0 Å². The number of H-pyrrole nitrogens is 1. The topological polar surface area (TPSA) is 95.1 Å². The van der Waals surface area contributed by atoms with Crippen LogP contribution in [0.3, 0.4) is 0 Å². The highest BCUT2D eigenvalue weighted by Crippen LogP contribution is 2.25. The van der Waals surface area contributed by atoms with Crippen LogP contribution in [-0.2, 0) is 4.79 Å². The zero-order valence-corrected chi connectivity index (χ0v) is 9.56. The zero-order chi connectivity index (χ0) is 12.4. The Morgan fingerprint density at radius 2 is 2.29 bits per heavy atom. The second-order valence-corrected chi connectivity index (χ2v) is 4.43. The van der Waals surface area contributed by atoms with Crippen molar-refractivity contribution in [1.29, 1.82) is 0 Å². The van der Waals surface area contributed by atoms with Gasteiger partial charge in [0.15, 0.2) is 0 Å². The van der Waals surface area contributed by atoms with Crippen LogP contribution >= 0.6 is 0 Å². The predicted molar refractivity (Wildman–Crippen MR) is 59.6 cm³/mol. The van der Waals surface area contributed by atoms with Gasteiger partial charge in [0, 0.05) is 11.7 Å². The first-order chi connectivity index (χ1) is 8.08. The van der Waals surface area contributed by atoms with E-state index in [-0.39, 0.29) is 17.9 Å². The van der Waals surface area contributed by atoms with Crippen LogP contribution in [0.5, 0.6) is 0 Å². The van der Waals surface area contributed by atoms with E-state index in [0.29, 0.717) is 18.4 Å². The number of amides is 1. The summed E-state index contributed by atoms with van der Waals surface area (Å²) in [6.07, 6.45) is 3.34. The lowest BCUT2D eigenvalue weighted by Crippen LogP contribution is -2.33. The molecule has 1 aromatic rings. The first kappa shape index (κ1) is 11.6. The highest BCUT2D eigenvalue weighted by molar-refractivity contribution is 5.95. The van der Waals surface area contributed by atoms with Gasteiger partial charge in [-0.2, -0.15) is 5.10 Å². The normalized spacial score (nSPS) is 23.6. The van der Waals surface area contributed by atoms with Crippen molar-refractivity contribution in [2.45, 2.75) is 32.2 Å². The van der Waals surface area contributed by atoms with E-state index in [1.54, 1.807) is 6.92 Å². The molecule has 1 amide bonds. The number of carboxylic acid groups (broad SMARTS) is 1. The number of aromatic amines is 1. The lowest BCUT2D eigenvalue weighted by Gasteiger charge is -2.11. The van der Waals surface area contributed by atoms with Gasteiger partial charge in [0.1, 0.15) is 0 Å². The number of aryl methyl sites for hydroxylation is 1. The third kappa shape index (κ3) is 2.46. The maximum absolute atomic E-state index is 11.8. The molecule has 2 unspecified atom stereocenters. The molecule has 0 aliphatic heterocycles. The molecule has 1 aliphatic carbocycles. The van der Waals surface area contributed by atoms with Crippen molar-refractivity contribution < 1.29 is 14.7 Å². The second-order valence-electron chi connectivity index (χ2n) is 4.43. The maximum Gasteiger partial charge on any atom is 0.306 e. The number of carboxylic acids is 1. The molecule has 0 spiro atoms. The number of rotatable bonds is 3. The lowest BCUT2D eigenvalue weighted by atomic mass is 10.1. The van der Waals surface area contributed by atoms with Crippen molar-refractivity contribution in [3.05, 3.63) is 17.5 Å². The molecular formula is C11H15N3O3. The van der Waals surface area contributed by atoms with Gasteiger partial charge in [0.2, 0.25) is 0 Å². The number of nitrogens with one attached hydrogen (secondary N) is 2. The van der Waals surface area contributed by atoms with Crippen LogP contribution in [0.25, 0.3) is 0 Å². The van der Waals surface area contributed by atoms with Crippen LogP contribution in [0, 0.1) is 12.8 Å². The molecule has 1 saturated carbocycles. The lowest BCUT2D eigenvalue weighted by molar-refractivity contribution is -0.141. The minimum absolute atomic E-state index is 0.0436. The summed E-state index contributed by atoms with van der Waals surface area (Å²) in [4.78, 5) is 22.6. The molecule has 3 N–H and O–H groups in total. The Labute approximate surface area is 98.4 Å². The van der Waals surface area contributed by atoms with Gasteiger partial charge in [-0.05, 0) is 26.2 Å². The fourth-order valence-electron chi connectivity index (χ4n) is 2.18. The summed E-state index contributed by atoms with van der Waals surface area (Å²) < 4.78 is 0. The third-order valence-electron chi connectivity index (χ3n) is 3.19. The van der Waals surface area contributed by atoms with Gasteiger partial charge in [-0.3, -0.25) is 14.7 Å². The first-order valence-corrected chi connectivity index (χ1v) is 5.61. The van der Waals surface area contributed by atoms with E-state index in [2.05, 4.69) is 15.5 Å². The Balaban J connectivity index is 1.93. The van der Waals surface area contributed by atoms with E-state index in [0.717, 1.165) is 12.1 Å². The van der Waals surface area contributed by atoms with Crippen molar-refractivity contribution in [3.63, 3.8) is 0 Å². The van der Waals surface area contributed by atoms with E-state index in [1.165, 1.54) is 6.20 Å². The van der Waals surface area contributed by atoms with Crippen LogP contribution < -0.4 is 5.32 Å². The SMILES string of the molecule is Cc1[nH]ncc1C(=O)NC1CCC(C(=O)O)C1. The van der Waals surface area contributed by atoms with Crippen LogP contribution in [0.4, 0.5) is 0 Å². The largest absolute Gasteiger partial charge is 0.481 e. The van der Waals surface area contributed by atoms with Crippen molar-refractivity contribution in [2.75, 3.05) is 0 Å². The summed E-state index contributed by atoms with van der Waals surface area (Å²) in [6.45, 7) is 1.77. The van der Waals surface area contributed by atoms with Gasteiger partial charge in [-0.25, -0.2) is 0 Å². The minimum atomic E-state index is -0.777. The summed E-state index contributed by atoms with van der Waals surface area (Å²) in [5.41, 5.74) is 1.24. The molecule has 6 nitrogen and oxygen atoms in total. The molecule has 2 rings (SSSR count). The molecule has 0 radical (unpaired) electrons. The first-order valence-electron chi connectivity index (χ1n) is 5.61. The number of carbonyl (C=O) groups excluding carboxylic acids is 1. The quantitative estimate of drug-likeness (QED) is 0.721. The number of carbonyl (C=O) groups is 2. The van der Waals surface area contributed by atoms with E-state index >= 15 is 0 Å². The van der Waals surface area contributed by atoms with Crippen molar-refractivity contribution in [3.8, 4) is 0 Å². The predicted octanol–water partition coefficient (Wildman–Crippen LogP) is 0.701. The molecule has 1 aliphatic rings.